The maximum Gasteiger partial charge on any atom is 0.271 e. The fraction of sp³-hybridized carbons (Fsp3) is 0.250. The molecule has 1 N–H and O–H groups in total. The van der Waals surface area contributed by atoms with Crippen LogP contribution in [-0.2, 0) is 26.1 Å². The first-order valence-electron chi connectivity index (χ1n) is 8.61. The van der Waals surface area contributed by atoms with Crippen LogP contribution in [0.5, 0.6) is 0 Å². The maximum absolute atomic E-state index is 12.8. The lowest BCUT2D eigenvalue weighted by molar-refractivity contribution is 0.244. The molecule has 4 rings (SSSR count). The Morgan fingerprint density at radius 1 is 1.04 bits per heavy atom. The molecule has 0 spiro atoms. The van der Waals surface area contributed by atoms with Gasteiger partial charge in [0.1, 0.15) is 0 Å². The zero-order chi connectivity index (χ0) is 18.1. The largest absolute Gasteiger partial charge is 0.299 e. The van der Waals surface area contributed by atoms with E-state index < -0.39 is 0 Å². The Hall–Kier alpha value is -2.01. The summed E-state index contributed by atoms with van der Waals surface area (Å²) in [5, 5.41) is 4.59. The van der Waals surface area contributed by atoms with Crippen LogP contribution in [0, 0.1) is 0 Å². The quantitative estimate of drug-likeness (QED) is 0.732. The number of halogens is 2. The molecule has 4 nitrogen and oxygen atoms in total. The highest BCUT2D eigenvalue weighted by atomic mass is 35.5. The van der Waals surface area contributed by atoms with Gasteiger partial charge in [-0.2, -0.15) is 0 Å². The molecule has 1 aliphatic heterocycles. The monoisotopic (exact) mass is 387 g/mol. The first-order chi connectivity index (χ1) is 12.6. The molecule has 1 aromatic heterocycles. The Labute approximate surface area is 161 Å². The van der Waals surface area contributed by atoms with Gasteiger partial charge in [0.15, 0.2) is 0 Å². The van der Waals surface area contributed by atoms with Gasteiger partial charge < -0.3 is 0 Å². The van der Waals surface area contributed by atoms with Crippen molar-refractivity contribution in [3.05, 3.63) is 91.3 Å². The highest BCUT2D eigenvalue weighted by molar-refractivity contribution is 6.35. The predicted molar refractivity (Wildman–Crippen MR) is 105 cm³/mol. The van der Waals surface area contributed by atoms with Crippen molar-refractivity contribution in [1.29, 1.82) is 0 Å². The van der Waals surface area contributed by atoms with Crippen LogP contribution in [0.4, 0.5) is 0 Å². The Morgan fingerprint density at radius 2 is 1.85 bits per heavy atom. The molecule has 134 valence electrons. The van der Waals surface area contributed by atoms with Crippen LogP contribution < -0.4 is 5.56 Å². The summed E-state index contributed by atoms with van der Waals surface area (Å²) >= 11 is 12.3. The predicted octanol–water partition coefficient (Wildman–Crippen LogP) is 4.09. The smallest absolute Gasteiger partial charge is 0.271 e. The van der Waals surface area contributed by atoms with Gasteiger partial charge in [0.05, 0.1) is 12.1 Å². The van der Waals surface area contributed by atoms with Crippen molar-refractivity contribution < 1.29 is 0 Å². The number of benzene rings is 2. The number of aromatic nitrogens is 2. The van der Waals surface area contributed by atoms with Crippen LogP contribution in [-0.4, -0.2) is 21.2 Å². The SMILES string of the molecule is O=c1c2c([nH]n1Cc1ccccc1)CCN(Cc1ccc(Cl)cc1Cl)C2. The first-order valence-corrected chi connectivity index (χ1v) is 9.36. The Balaban J connectivity index is 1.52. The van der Waals surface area contributed by atoms with Gasteiger partial charge in [0.2, 0.25) is 0 Å². The lowest BCUT2D eigenvalue weighted by Crippen LogP contribution is -2.32. The van der Waals surface area contributed by atoms with Crippen molar-refractivity contribution in [1.82, 2.24) is 14.7 Å². The molecule has 0 radical (unpaired) electrons. The van der Waals surface area contributed by atoms with Gasteiger partial charge in [-0.25, -0.2) is 4.68 Å². The lowest BCUT2D eigenvalue weighted by atomic mass is 10.1. The molecule has 0 saturated carbocycles. The van der Waals surface area contributed by atoms with E-state index in [1.807, 2.05) is 42.5 Å². The average molecular weight is 388 g/mol. The van der Waals surface area contributed by atoms with Crippen LogP contribution in [0.25, 0.3) is 0 Å². The van der Waals surface area contributed by atoms with E-state index in [1.54, 1.807) is 10.7 Å². The number of nitrogens with one attached hydrogen (secondary N) is 1. The normalized spacial score (nSPS) is 14.4. The van der Waals surface area contributed by atoms with Gasteiger partial charge >= 0.3 is 0 Å². The van der Waals surface area contributed by atoms with Gasteiger partial charge in [-0.3, -0.25) is 14.8 Å². The van der Waals surface area contributed by atoms with Crippen molar-refractivity contribution >= 4 is 23.2 Å². The number of rotatable bonds is 4. The van der Waals surface area contributed by atoms with Crippen molar-refractivity contribution in [2.45, 2.75) is 26.1 Å². The van der Waals surface area contributed by atoms with E-state index >= 15 is 0 Å². The van der Waals surface area contributed by atoms with Gasteiger partial charge in [-0.15, -0.1) is 0 Å². The third-order valence-corrected chi connectivity index (χ3v) is 5.38. The molecule has 2 aromatic carbocycles. The summed E-state index contributed by atoms with van der Waals surface area (Å²) in [5.74, 6) is 0. The number of nitrogens with zero attached hydrogens (tertiary/aromatic N) is 2. The van der Waals surface area contributed by atoms with E-state index in [-0.39, 0.29) is 5.56 Å². The lowest BCUT2D eigenvalue weighted by Gasteiger charge is -2.26. The topological polar surface area (TPSA) is 41.0 Å². The molecule has 0 saturated heterocycles. The molecule has 0 fully saturated rings. The Bertz CT molecular complexity index is 978. The number of aromatic amines is 1. The van der Waals surface area contributed by atoms with Crippen molar-refractivity contribution in [3.63, 3.8) is 0 Å². The van der Waals surface area contributed by atoms with E-state index in [1.165, 1.54) is 0 Å². The van der Waals surface area contributed by atoms with Crippen LogP contribution in [0.1, 0.15) is 22.4 Å². The second-order valence-electron chi connectivity index (χ2n) is 6.64. The summed E-state index contributed by atoms with van der Waals surface area (Å²) in [5.41, 5.74) is 4.11. The van der Waals surface area contributed by atoms with Gasteiger partial charge in [0, 0.05) is 41.8 Å². The summed E-state index contributed by atoms with van der Waals surface area (Å²) < 4.78 is 1.71. The van der Waals surface area contributed by atoms with E-state index in [4.69, 9.17) is 23.2 Å². The van der Waals surface area contributed by atoms with Gasteiger partial charge in [0.25, 0.3) is 5.56 Å². The highest BCUT2D eigenvalue weighted by Crippen LogP contribution is 2.24. The van der Waals surface area contributed by atoms with Crippen LogP contribution in [0.15, 0.2) is 53.3 Å². The molecule has 3 aromatic rings. The molecule has 26 heavy (non-hydrogen) atoms. The van der Waals surface area contributed by atoms with Crippen molar-refractivity contribution in [3.8, 4) is 0 Å². The van der Waals surface area contributed by atoms with E-state index in [9.17, 15) is 4.79 Å². The Kier molecular flexibility index (Phi) is 4.90. The van der Waals surface area contributed by atoms with Crippen molar-refractivity contribution in [2.24, 2.45) is 0 Å². The maximum atomic E-state index is 12.8. The number of hydrogen-bond acceptors (Lipinski definition) is 2. The van der Waals surface area contributed by atoms with Crippen LogP contribution in [0.2, 0.25) is 10.0 Å². The fourth-order valence-corrected chi connectivity index (χ4v) is 3.89. The minimum absolute atomic E-state index is 0.0655. The molecule has 0 aliphatic carbocycles. The third-order valence-electron chi connectivity index (χ3n) is 4.79. The second kappa shape index (κ2) is 7.31. The molecule has 2 heterocycles. The Morgan fingerprint density at radius 3 is 2.62 bits per heavy atom. The highest BCUT2D eigenvalue weighted by Gasteiger charge is 2.23. The summed E-state index contributed by atoms with van der Waals surface area (Å²) in [4.78, 5) is 15.0. The molecule has 6 heteroatoms. The van der Waals surface area contributed by atoms with Gasteiger partial charge in [-0.05, 0) is 23.3 Å². The molecule has 0 bridgehead atoms. The summed E-state index contributed by atoms with van der Waals surface area (Å²) in [6.45, 7) is 2.79. The van der Waals surface area contributed by atoms with Crippen molar-refractivity contribution in [2.75, 3.05) is 6.54 Å². The molecule has 0 amide bonds. The number of H-pyrrole nitrogens is 1. The molecular weight excluding hydrogens is 369 g/mol. The van der Waals surface area contributed by atoms with Crippen LogP contribution in [0.3, 0.4) is 0 Å². The minimum Gasteiger partial charge on any atom is -0.299 e. The average Bonchev–Trinajstić information content (AvgIpc) is 2.94. The number of hydrogen-bond donors (Lipinski definition) is 1. The number of fused-ring (bicyclic) bond motifs is 1. The molecule has 0 unspecified atom stereocenters. The van der Waals surface area contributed by atoms with Gasteiger partial charge in [-0.1, -0.05) is 59.6 Å². The van der Waals surface area contributed by atoms with E-state index in [0.717, 1.165) is 35.3 Å². The van der Waals surface area contributed by atoms with E-state index in [0.29, 0.717) is 29.7 Å². The second-order valence-corrected chi connectivity index (χ2v) is 7.49. The standard InChI is InChI=1S/C20H19Cl2N3O/c21-16-7-6-15(18(22)10-16)12-24-9-8-19-17(13-24)20(26)25(23-19)11-14-4-2-1-3-5-14/h1-7,10,23H,8-9,11-13H2. The first kappa shape index (κ1) is 17.4. The molecule has 1 aliphatic rings. The third kappa shape index (κ3) is 3.58. The molecular formula is C20H19Cl2N3O. The molecule has 0 atom stereocenters. The van der Waals surface area contributed by atoms with E-state index in [2.05, 4.69) is 10.00 Å². The fourth-order valence-electron chi connectivity index (χ4n) is 3.42. The zero-order valence-corrected chi connectivity index (χ0v) is 15.7. The summed E-state index contributed by atoms with van der Waals surface area (Å²) in [6, 6.07) is 15.6. The summed E-state index contributed by atoms with van der Waals surface area (Å²) in [6.07, 6.45) is 0.831. The minimum atomic E-state index is 0.0655. The summed E-state index contributed by atoms with van der Waals surface area (Å²) in [7, 11) is 0. The van der Waals surface area contributed by atoms with Crippen LogP contribution >= 0.6 is 23.2 Å². The zero-order valence-electron chi connectivity index (χ0n) is 14.2.